The summed E-state index contributed by atoms with van der Waals surface area (Å²) in [4.78, 5) is 19.7. The summed E-state index contributed by atoms with van der Waals surface area (Å²) in [6.07, 6.45) is 1.43. The Morgan fingerprint density at radius 3 is 2.83 bits per heavy atom. The van der Waals surface area contributed by atoms with Gasteiger partial charge in [0, 0.05) is 17.7 Å². The Labute approximate surface area is 115 Å². The van der Waals surface area contributed by atoms with Gasteiger partial charge in [0.15, 0.2) is 5.16 Å². The molecule has 0 bridgehead atoms. The Morgan fingerprint density at radius 2 is 2.22 bits per heavy atom. The summed E-state index contributed by atoms with van der Waals surface area (Å²) < 4.78 is 4.85. The maximum absolute atomic E-state index is 11.5. The number of esters is 1. The summed E-state index contributed by atoms with van der Waals surface area (Å²) >= 11 is 3.40. The van der Waals surface area contributed by atoms with Crippen LogP contribution in [0.5, 0.6) is 0 Å². The highest BCUT2D eigenvalue weighted by Gasteiger charge is 2.13. The van der Waals surface area contributed by atoms with Crippen molar-refractivity contribution in [3.63, 3.8) is 0 Å². The monoisotopic (exact) mass is 287 g/mol. The highest BCUT2D eigenvalue weighted by molar-refractivity contribution is 8.02. The highest BCUT2D eigenvalue weighted by Crippen LogP contribution is 2.18. The minimum atomic E-state index is -0.479. The first-order valence-electron chi connectivity index (χ1n) is 5.69. The predicted molar refractivity (Wildman–Crippen MR) is 76.1 cm³/mol. The molecule has 0 fully saturated rings. The van der Waals surface area contributed by atoms with Crippen LogP contribution in [0.2, 0.25) is 0 Å². The van der Waals surface area contributed by atoms with Gasteiger partial charge in [-0.2, -0.15) is 11.8 Å². The Kier molecular flexibility index (Phi) is 6.89. The number of ether oxygens (including phenoxy) is 1. The third kappa shape index (κ3) is 4.73. The molecule has 100 valence electrons. The average Bonchev–Trinajstić information content (AvgIpc) is 2.35. The molecule has 0 spiro atoms. The number of carbonyl (C=O) groups excluding carboxylic acids is 1. The highest BCUT2D eigenvalue weighted by atomic mass is 32.2. The van der Waals surface area contributed by atoms with Crippen LogP contribution in [0.3, 0.4) is 0 Å². The molecule has 1 heterocycles. The molecule has 0 aliphatic rings. The molecule has 18 heavy (non-hydrogen) atoms. The van der Waals surface area contributed by atoms with E-state index in [1.165, 1.54) is 18.0 Å². The molecule has 1 aromatic rings. The van der Waals surface area contributed by atoms with Crippen LogP contribution in [0.4, 0.5) is 5.82 Å². The lowest BCUT2D eigenvalue weighted by molar-refractivity contribution is 0.0526. The zero-order chi connectivity index (χ0) is 13.4. The van der Waals surface area contributed by atoms with Crippen LogP contribution in [-0.2, 0) is 4.74 Å². The third-order valence-electron chi connectivity index (χ3n) is 1.95. The van der Waals surface area contributed by atoms with Gasteiger partial charge in [0.25, 0.3) is 0 Å². The number of rotatable bonds is 7. The molecule has 1 rings (SSSR count). The van der Waals surface area contributed by atoms with E-state index < -0.39 is 5.97 Å². The van der Waals surface area contributed by atoms with Crippen molar-refractivity contribution in [3.05, 3.63) is 11.8 Å². The quantitative estimate of drug-likeness (QED) is 0.356. The van der Waals surface area contributed by atoms with Gasteiger partial charge in [-0.3, -0.25) is 0 Å². The number of hydrogen-bond acceptors (Lipinski definition) is 7. The maximum Gasteiger partial charge on any atom is 0.343 e. The summed E-state index contributed by atoms with van der Waals surface area (Å²) in [6.45, 7) is 4.17. The van der Waals surface area contributed by atoms with Crippen molar-refractivity contribution >= 4 is 35.3 Å². The molecule has 0 unspecified atom stereocenters. The summed E-state index contributed by atoms with van der Waals surface area (Å²) in [6, 6.07) is 0. The largest absolute Gasteiger partial charge is 0.462 e. The Balaban J connectivity index is 2.59. The van der Waals surface area contributed by atoms with Crippen LogP contribution in [0.25, 0.3) is 0 Å². The Bertz CT molecular complexity index is 402. The zero-order valence-electron chi connectivity index (χ0n) is 10.5. The minimum Gasteiger partial charge on any atom is -0.462 e. The lowest BCUT2D eigenvalue weighted by Crippen LogP contribution is -2.10. The Morgan fingerprint density at radius 1 is 1.44 bits per heavy atom. The molecular formula is C11H17N3O2S2. The standard InChI is InChI=1S/C11H17N3O2S2/c1-3-16-10(15)8-7-13-11(14-9(8)12)18-6-5-17-4-2/h7H,3-6H2,1-2H3,(H2,12,13,14). The van der Waals surface area contributed by atoms with Crippen LogP contribution < -0.4 is 5.73 Å². The fourth-order valence-electron chi connectivity index (χ4n) is 1.15. The first kappa shape index (κ1) is 15.1. The summed E-state index contributed by atoms with van der Waals surface area (Å²) in [5.41, 5.74) is 5.94. The van der Waals surface area contributed by atoms with E-state index in [2.05, 4.69) is 16.9 Å². The number of anilines is 1. The molecule has 0 radical (unpaired) electrons. The zero-order valence-corrected chi connectivity index (χ0v) is 12.1. The van der Waals surface area contributed by atoms with Crippen molar-refractivity contribution < 1.29 is 9.53 Å². The van der Waals surface area contributed by atoms with E-state index in [1.807, 2.05) is 11.8 Å². The van der Waals surface area contributed by atoms with E-state index >= 15 is 0 Å². The normalized spacial score (nSPS) is 10.3. The third-order valence-corrected chi connectivity index (χ3v) is 3.98. The molecule has 2 N–H and O–H groups in total. The van der Waals surface area contributed by atoms with Crippen molar-refractivity contribution in [1.82, 2.24) is 9.97 Å². The molecule has 5 nitrogen and oxygen atoms in total. The van der Waals surface area contributed by atoms with Gasteiger partial charge in [-0.15, -0.1) is 0 Å². The van der Waals surface area contributed by atoms with Crippen molar-refractivity contribution in [1.29, 1.82) is 0 Å². The van der Waals surface area contributed by atoms with Gasteiger partial charge in [0.2, 0.25) is 0 Å². The van der Waals surface area contributed by atoms with Gasteiger partial charge in [-0.05, 0) is 12.7 Å². The molecule has 1 aromatic heterocycles. The fraction of sp³-hybridized carbons (Fsp3) is 0.545. The lowest BCUT2D eigenvalue weighted by Gasteiger charge is -2.05. The summed E-state index contributed by atoms with van der Waals surface area (Å²) in [5, 5.41) is 0.595. The van der Waals surface area contributed by atoms with Crippen molar-refractivity contribution in [2.75, 3.05) is 29.6 Å². The van der Waals surface area contributed by atoms with E-state index in [-0.39, 0.29) is 11.4 Å². The summed E-state index contributed by atoms with van der Waals surface area (Å²) in [7, 11) is 0. The van der Waals surface area contributed by atoms with Gasteiger partial charge < -0.3 is 10.5 Å². The topological polar surface area (TPSA) is 78.1 Å². The molecule has 0 aromatic carbocycles. The van der Waals surface area contributed by atoms with Crippen LogP contribution in [-0.4, -0.2) is 39.8 Å². The predicted octanol–water partition coefficient (Wildman–Crippen LogP) is 2.08. The lowest BCUT2D eigenvalue weighted by atomic mass is 10.3. The van der Waals surface area contributed by atoms with Gasteiger partial charge in [-0.25, -0.2) is 14.8 Å². The molecule has 7 heteroatoms. The van der Waals surface area contributed by atoms with Crippen LogP contribution in [0.1, 0.15) is 24.2 Å². The van der Waals surface area contributed by atoms with E-state index in [0.29, 0.717) is 11.8 Å². The van der Waals surface area contributed by atoms with Crippen LogP contribution in [0.15, 0.2) is 11.4 Å². The SMILES string of the molecule is CCOC(=O)c1cnc(SCCSCC)nc1N. The molecule has 0 aliphatic heterocycles. The minimum absolute atomic E-state index is 0.175. The number of aromatic nitrogens is 2. The van der Waals surface area contributed by atoms with Gasteiger partial charge in [0.1, 0.15) is 11.4 Å². The summed E-state index contributed by atoms with van der Waals surface area (Å²) in [5.74, 6) is 2.77. The van der Waals surface area contributed by atoms with Crippen molar-refractivity contribution in [2.24, 2.45) is 0 Å². The number of carbonyl (C=O) groups is 1. The van der Waals surface area contributed by atoms with E-state index in [9.17, 15) is 4.79 Å². The number of nitrogens with two attached hydrogens (primary N) is 1. The fourth-order valence-corrected chi connectivity index (χ4v) is 2.72. The van der Waals surface area contributed by atoms with E-state index in [0.717, 1.165) is 17.3 Å². The van der Waals surface area contributed by atoms with Crippen molar-refractivity contribution in [3.8, 4) is 0 Å². The molecule has 0 atom stereocenters. The molecule has 0 saturated heterocycles. The van der Waals surface area contributed by atoms with E-state index in [1.54, 1.807) is 6.92 Å². The average molecular weight is 287 g/mol. The first-order chi connectivity index (χ1) is 8.69. The second kappa shape index (κ2) is 8.20. The second-order valence-electron chi connectivity index (χ2n) is 3.22. The molecular weight excluding hydrogens is 270 g/mol. The molecule has 0 saturated carbocycles. The van der Waals surface area contributed by atoms with Gasteiger partial charge in [0.05, 0.1) is 6.61 Å². The van der Waals surface area contributed by atoms with E-state index in [4.69, 9.17) is 10.5 Å². The van der Waals surface area contributed by atoms with Gasteiger partial charge in [-0.1, -0.05) is 18.7 Å². The van der Waals surface area contributed by atoms with Crippen LogP contribution in [0, 0.1) is 0 Å². The second-order valence-corrected chi connectivity index (χ2v) is 5.67. The number of thioether (sulfide) groups is 2. The maximum atomic E-state index is 11.5. The molecule has 0 amide bonds. The van der Waals surface area contributed by atoms with Gasteiger partial charge >= 0.3 is 5.97 Å². The number of nitrogen functional groups attached to an aromatic ring is 1. The number of nitrogens with zero attached hydrogens (tertiary/aromatic N) is 2. The van der Waals surface area contributed by atoms with Crippen molar-refractivity contribution in [2.45, 2.75) is 19.0 Å². The Hall–Kier alpha value is -0.950. The number of hydrogen-bond donors (Lipinski definition) is 1. The molecule has 0 aliphatic carbocycles. The smallest absolute Gasteiger partial charge is 0.343 e. The first-order valence-corrected chi connectivity index (χ1v) is 7.83. The van der Waals surface area contributed by atoms with Crippen LogP contribution >= 0.6 is 23.5 Å².